The number of nitrogens with one attached hydrogen (secondary N) is 2. The van der Waals surface area contributed by atoms with Crippen LogP contribution in [-0.2, 0) is 4.79 Å². The molecule has 0 fully saturated rings. The van der Waals surface area contributed by atoms with Gasteiger partial charge in [-0.3, -0.25) is 9.59 Å². The summed E-state index contributed by atoms with van der Waals surface area (Å²) in [5, 5.41) is 5.11. The van der Waals surface area contributed by atoms with Crippen molar-refractivity contribution in [2.45, 2.75) is 6.42 Å². The lowest BCUT2D eigenvalue weighted by Gasteiger charge is -2.05. The third kappa shape index (κ3) is 3.62. The summed E-state index contributed by atoms with van der Waals surface area (Å²) in [4.78, 5) is 26.5. The minimum Gasteiger partial charge on any atom is -0.359 e. The molecule has 1 aromatic heterocycles. The maximum Gasteiger partial charge on any atom is 0.254 e. The molecule has 1 rings (SSSR count). The summed E-state index contributed by atoms with van der Waals surface area (Å²) in [6.45, 7) is 0.305. The molecule has 1 aromatic rings. The summed E-state index contributed by atoms with van der Waals surface area (Å²) in [5.41, 5.74) is 0.458. The van der Waals surface area contributed by atoms with Crippen molar-refractivity contribution in [2.75, 3.05) is 13.6 Å². The van der Waals surface area contributed by atoms with Crippen molar-refractivity contribution in [3.8, 4) is 0 Å². The molecular formula is C10H12BrN3O2. The summed E-state index contributed by atoms with van der Waals surface area (Å²) in [6, 6.07) is 3.34. The third-order valence-electron chi connectivity index (χ3n) is 1.92. The average molecular weight is 286 g/mol. The number of pyridine rings is 1. The Labute approximate surface area is 102 Å². The van der Waals surface area contributed by atoms with E-state index in [1.807, 2.05) is 0 Å². The van der Waals surface area contributed by atoms with Crippen LogP contribution in [0.4, 0.5) is 0 Å². The van der Waals surface area contributed by atoms with Gasteiger partial charge in [-0.2, -0.15) is 0 Å². The van der Waals surface area contributed by atoms with Crippen molar-refractivity contribution in [2.24, 2.45) is 0 Å². The van der Waals surface area contributed by atoms with Crippen molar-refractivity contribution in [3.05, 3.63) is 28.5 Å². The van der Waals surface area contributed by atoms with E-state index in [1.165, 1.54) is 0 Å². The van der Waals surface area contributed by atoms with Gasteiger partial charge in [0.15, 0.2) is 0 Å². The van der Waals surface area contributed by atoms with Crippen molar-refractivity contribution in [1.29, 1.82) is 0 Å². The summed E-state index contributed by atoms with van der Waals surface area (Å²) in [5.74, 6) is -0.352. The van der Waals surface area contributed by atoms with Crippen LogP contribution >= 0.6 is 15.9 Å². The molecule has 0 bridgehead atoms. The number of carbonyl (C=O) groups is 2. The van der Waals surface area contributed by atoms with E-state index in [0.717, 1.165) is 0 Å². The quantitative estimate of drug-likeness (QED) is 0.801. The van der Waals surface area contributed by atoms with Crippen LogP contribution in [0.1, 0.15) is 16.8 Å². The van der Waals surface area contributed by atoms with Crippen LogP contribution in [0, 0.1) is 0 Å². The number of rotatable bonds is 4. The van der Waals surface area contributed by atoms with Gasteiger partial charge >= 0.3 is 0 Å². The topological polar surface area (TPSA) is 71.1 Å². The molecule has 0 saturated heterocycles. The highest BCUT2D eigenvalue weighted by Gasteiger charge is 2.09. The molecule has 5 nitrogen and oxygen atoms in total. The Kier molecular flexibility index (Phi) is 4.91. The molecule has 0 unspecified atom stereocenters. The SMILES string of the molecule is CNC(=O)CCNC(=O)c1cccnc1Br. The molecule has 0 aliphatic rings. The summed E-state index contributed by atoms with van der Waals surface area (Å²) < 4.78 is 0.493. The van der Waals surface area contributed by atoms with Crippen LogP contribution in [0.15, 0.2) is 22.9 Å². The van der Waals surface area contributed by atoms with E-state index in [1.54, 1.807) is 25.4 Å². The Bertz CT molecular complexity index is 395. The number of halogens is 1. The summed E-state index contributed by atoms with van der Waals surface area (Å²) in [6.07, 6.45) is 1.85. The fraction of sp³-hybridized carbons (Fsp3) is 0.300. The lowest BCUT2D eigenvalue weighted by atomic mass is 10.2. The normalized spacial score (nSPS) is 9.62. The predicted molar refractivity (Wildman–Crippen MR) is 63.0 cm³/mol. The second-order valence-corrected chi connectivity index (χ2v) is 3.77. The van der Waals surface area contributed by atoms with Crippen molar-refractivity contribution < 1.29 is 9.59 Å². The highest BCUT2D eigenvalue weighted by atomic mass is 79.9. The van der Waals surface area contributed by atoms with Crippen LogP contribution in [0.3, 0.4) is 0 Å². The van der Waals surface area contributed by atoms with Gasteiger partial charge in [-0.1, -0.05) is 0 Å². The van der Waals surface area contributed by atoms with Crippen LogP contribution < -0.4 is 10.6 Å². The Morgan fingerprint density at radius 3 is 2.88 bits per heavy atom. The molecule has 0 spiro atoms. The first-order valence-corrected chi connectivity index (χ1v) is 5.53. The zero-order chi connectivity index (χ0) is 12.0. The number of nitrogens with zero attached hydrogens (tertiary/aromatic N) is 1. The van der Waals surface area contributed by atoms with Crippen LogP contribution in [0.25, 0.3) is 0 Å². The van der Waals surface area contributed by atoms with Crippen molar-refractivity contribution in [1.82, 2.24) is 15.6 Å². The number of hydrogen-bond acceptors (Lipinski definition) is 3. The molecule has 0 radical (unpaired) electrons. The van der Waals surface area contributed by atoms with Gasteiger partial charge in [0.05, 0.1) is 5.56 Å². The standard InChI is InChI=1S/C10H12BrN3O2/c1-12-8(15)4-6-14-10(16)7-3-2-5-13-9(7)11/h2-3,5H,4,6H2,1H3,(H,12,15)(H,14,16). The molecule has 6 heteroatoms. The maximum atomic E-state index is 11.6. The molecule has 0 saturated carbocycles. The number of amides is 2. The Balaban J connectivity index is 2.47. The third-order valence-corrected chi connectivity index (χ3v) is 2.55. The van der Waals surface area contributed by atoms with Crippen LogP contribution in [0.2, 0.25) is 0 Å². The van der Waals surface area contributed by atoms with E-state index in [2.05, 4.69) is 31.5 Å². The van der Waals surface area contributed by atoms with E-state index in [-0.39, 0.29) is 18.2 Å². The van der Waals surface area contributed by atoms with Crippen LogP contribution in [-0.4, -0.2) is 30.4 Å². The zero-order valence-corrected chi connectivity index (χ0v) is 10.4. The average Bonchev–Trinajstić information content (AvgIpc) is 2.29. The molecule has 2 N–H and O–H groups in total. The maximum absolute atomic E-state index is 11.6. The predicted octanol–water partition coefficient (Wildman–Crippen LogP) is 0.710. The van der Waals surface area contributed by atoms with Crippen LogP contribution in [0.5, 0.6) is 0 Å². The van der Waals surface area contributed by atoms with Gasteiger partial charge in [0.1, 0.15) is 4.60 Å². The Morgan fingerprint density at radius 1 is 1.50 bits per heavy atom. The highest BCUT2D eigenvalue weighted by Crippen LogP contribution is 2.11. The van der Waals surface area contributed by atoms with E-state index in [0.29, 0.717) is 16.7 Å². The number of hydrogen-bond donors (Lipinski definition) is 2. The van der Waals surface area contributed by atoms with E-state index < -0.39 is 0 Å². The Morgan fingerprint density at radius 2 is 2.25 bits per heavy atom. The van der Waals surface area contributed by atoms with Gasteiger partial charge in [-0.15, -0.1) is 0 Å². The second kappa shape index (κ2) is 6.22. The fourth-order valence-corrected chi connectivity index (χ4v) is 1.50. The summed E-state index contributed by atoms with van der Waals surface area (Å²) in [7, 11) is 1.56. The van der Waals surface area contributed by atoms with E-state index in [4.69, 9.17) is 0 Å². The van der Waals surface area contributed by atoms with Gasteiger partial charge in [-0.05, 0) is 28.1 Å². The molecule has 0 aromatic carbocycles. The molecule has 16 heavy (non-hydrogen) atoms. The molecule has 1 heterocycles. The molecule has 0 atom stereocenters. The largest absolute Gasteiger partial charge is 0.359 e. The lowest BCUT2D eigenvalue weighted by molar-refractivity contribution is -0.120. The first kappa shape index (κ1) is 12.6. The van der Waals surface area contributed by atoms with Gasteiger partial charge in [0.25, 0.3) is 5.91 Å². The lowest BCUT2D eigenvalue weighted by Crippen LogP contribution is -2.29. The molecule has 2 amide bonds. The number of aromatic nitrogens is 1. The second-order valence-electron chi connectivity index (χ2n) is 3.02. The van der Waals surface area contributed by atoms with E-state index in [9.17, 15) is 9.59 Å². The summed E-state index contributed by atoms with van der Waals surface area (Å²) >= 11 is 3.18. The highest BCUT2D eigenvalue weighted by molar-refractivity contribution is 9.10. The fourth-order valence-electron chi connectivity index (χ4n) is 1.07. The van der Waals surface area contributed by atoms with Gasteiger partial charge in [-0.25, -0.2) is 4.98 Å². The Hall–Kier alpha value is -1.43. The van der Waals surface area contributed by atoms with Gasteiger partial charge < -0.3 is 10.6 Å². The van der Waals surface area contributed by atoms with E-state index >= 15 is 0 Å². The van der Waals surface area contributed by atoms with Crippen molar-refractivity contribution >= 4 is 27.7 Å². The molecular weight excluding hydrogens is 274 g/mol. The molecule has 86 valence electrons. The minimum absolute atomic E-state index is 0.106. The molecule has 0 aliphatic carbocycles. The first-order chi connectivity index (χ1) is 7.65. The monoisotopic (exact) mass is 285 g/mol. The minimum atomic E-state index is -0.246. The van der Waals surface area contributed by atoms with Gasteiger partial charge in [0, 0.05) is 26.2 Å². The molecule has 0 aliphatic heterocycles. The smallest absolute Gasteiger partial charge is 0.254 e. The van der Waals surface area contributed by atoms with Crippen molar-refractivity contribution in [3.63, 3.8) is 0 Å². The zero-order valence-electron chi connectivity index (χ0n) is 8.79. The first-order valence-electron chi connectivity index (χ1n) is 4.74. The number of carbonyl (C=O) groups excluding carboxylic acids is 2. The van der Waals surface area contributed by atoms with Gasteiger partial charge in [0.2, 0.25) is 5.91 Å².